The molecule has 2 rings (SSSR count). The maximum Gasteiger partial charge on any atom is 0.293 e. The van der Waals surface area contributed by atoms with E-state index in [2.05, 4.69) is 5.43 Å². The minimum Gasteiger partial charge on any atom is -0.318 e. The van der Waals surface area contributed by atoms with Crippen molar-refractivity contribution in [3.63, 3.8) is 0 Å². The Labute approximate surface area is 108 Å². The van der Waals surface area contributed by atoms with Gasteiger partial charge in [-0.1, -0.05) is 6.07 Å². The van der Waals surface area contributed by atoms with Crippen molar-refractivity contribution in [3.05, 3.63) is 33.9 Å². The fourth-order valence-electron chi connectivity index (χ4n) is 1.93. The molecule has 1 aliphatic rings. The van der Waals surface area contributed by atoms with Gasteiger partial charge in [0.05, 0.1) is 11.5 Å². The molecule has 8 nitrogen and oxygen atoms in total. The molecule has 0 unspecified atom stereocenters. The lowest BCUT2D eigenvalue weighted by atomic mass is 10.1. The average Bonchev–Trinajstić information content (AvgIpc) is 2.70. The molecule has 0 radical (unpaired) electrons. The number of nitrogens with one attached hydrogen (secondary N) is 1. The Balaban J connectivity index is 2.26. The van der Waals surface area contributed by atoms with Crippen LogP contribution in [0.1, 0.15) is 18.4 Å². The summed E-state index contributed by atoms with van der Waals surface area (Å²) in [5, 5.41) is 10.9. The van der Waals surface area contributed by atoms with Crippen LogP contribution < -0.4 is 11.3 Å². The van der Waals surface area contributed by atoms with E-state index in [1.54, 1.807) is 6.07 Å². The van der Waals surface area contributed by atoms with Gasteiger partial charge in [-0.25, -0.2) is 0 Å². The number of nitrogen functional groups attached to an aromatic ring is 1. The molecule has 0 bridgehead atoms. The van der Waals surface area contributed by atoms with E-state index >= 15 is 0 Å². The second-order valence-electron chi connectivity index (χ2n) is 4.13. The Kier molecular flexibility index (Phi) is 3.43. The first kappa shape index (κ1) is 13.0. The molecular weight excluding hydrogens is 252 g/mol. The van der Waals surface area contributed by atoms with Gasteiger partial charge in [0.15, 0.2) is 0 Å². The number of carbonyl (C=O) groups is 2. The maximum atomic E-state index is 11.5. The topological polar surface area (TPSA) is 119 Å². The van der Waals surface area contributed by atoms with Crippen molar-refractivity contribution in [1.82, 2.24) is 4.90 Å². The summed E-state index contributed by atoms with van der Waals surface area (Å²) in [6.45, 7) is 0.0450. The molecule has 1 aromatic rings. The summed E-state index contributed by atoms with van der Waals surface area (Å²) in [4.78, 5) is 34.3. The number of nitro groups is 1. The molecule has 0 atom stereocenters. The minimum absolute atomic E-state index is 0.0450. The number of amides is 2. The van der Waals surface area contributed by atoms with E-state index in [0.717, 1.165) is 4.90 Å². The van der Waals surface area contributed by atoms with Gasteiger partial charge in [0.1, 0.15) is 5.69 Å². The summed E-state index contributed by atoms with van der Waals surface area (Å²) in [6, 6.07) is 4.33. The molecule has 3 N–H and O–H groups in total. The van der Waals surface area contributed by atoms with Crippen molar-refractivity contribution in [3.8, 4) is 0 Å². The molecule has 19 heavy (non-hydrogen) atoms. The highest BCUT2D eigenvalue weighted by Crippen LogP contribution is 2.26. The predicted octanol–water partition coefficient (Wildman–Crippen LogP) is 0.529. The molecule has 8 heteroatoms. The van der Waals surface area contributed by atoms with Crippen LogP contribution in [0.2, 0.25) is 0 Å². The molecule has 1 saturated heterocycles. The summed E-state index contributed by atoms with van der Waals surface area (Å²) in [5.74, 6) is 4.66. The van der Waals surface area contributed by atoms with Crippen LogP contribution in [0.25, 0.3) is 0 Å². The van der Waals surface area contributed by atoms with Gasteiger partial charge in [0, 0.05) is 18.9 Å². The molecule has 1 fully saturated rings. The van der Waals surface area contributed by atoms with E-state index in [0.29, 0.717) is 5.56 Å². The second kappa shape index (κ2) is 5.02. The van der Waals surface area contributed by atoms with Crippen LogP contribution in [-0.2, 0) is 16.1 Å². The molecule has 0 saturated carbocycles. The molecule has 100 valence electrons. The maximum absolute atomic E-state index is 11.5. The number of rotatable bonds is 4. The van der Waals surface area contributed by atoms with E-state index < -0.39 is 4.92 Å². The van der Waals surface area contributed by atoms with Gasteiger partial charge in [-0.3, -0.25) is 30.4 Å². The lowest BCUT2D eigenvalue weighted by Crippen LogP contribution is -2.28. The van der Waals surface area contributed by atoms with Gasteiger partial charge in [0.2, 0.25) is 11.8 Å². The van der Waals surface area contributed by atoms with Crippen molar-refractivity contribution < 1.29 is 14.5 Å². The number of nitrogens with two attached hydrogens (primary N) is 1. The lowest BCUT2D eigenvalue weighted by Gasteiger charge is -2.14. The Bertz CT molecular complexity index is 542. The third-order valence-electron chi connectivity index (χ3n) is 2.91. The third-order valence-corrected chi connectivity index (χ3v) is 2.91. The van der Waals surface area contributed by atoms with E-state index in [4.69, 9.17) is 5.84 Å². The fourth-order valence-corrected chi connectivity index (χ4v) is 1.93. The highest BCUT2D eigenvalue weighted by molar-refractivity contribution is 6.01. The zero-order valence-corrected chi connectivity index (χ0v) is 9.96. The van der Waals surface area contributed by atoms with Crippen molar-refractivity contribution >= 4 is 23.2 Å². The Morgan fingerprint density at radius 2 is 1.95 bits per heavy atom. The number of nitro benzene ring substituents is 1. The van der Waals surface area contributed by atoms with Gasteiger partial charge < -0.3 is 5.43 Å². The molecule has 0 aromatic heterocycles. The summed E-state index contributed by atoms with van der Waals surface area (Å²) in [6.07, 6.45) is 0.396. The number of hydrogen-bond donors (Lipinski definition) is 2. The first-order valence-corrected chi connectivity index (χ1v) is 5.60. The number of carbonyl (C=O) groups excluding carboxylic acids is 2. The summed E-state index contributed by atoms with van der Waals surface area (Å²) in [7, 11) is 0. The number of likely N-dealkylation sites (tertiary alicyclic amines) is 1. The third kappa shape index (κ3) is 2.52. The van der Waals surface area contributed by atoms with Gasteiger partial charge in [-0.05, 0) is 11.6 Å². The highest BCUT2D eigenvalue weighted by Gasteiger charge is 2.29. The average molecular weight is 264 g/mol. The van der Waals surface area contributed by atoms with E-state index in [9.17, 15) is 19.7 Å². The van der Waals surface area contributed by atoms with E-state index in [-0.39, 0.29) is 42.6 Å². The molecule has 0 aliphatic carbocycles. The smallest absolute Gasteiger partial charge is 0.293 e. The Morgan fingerprint density at radius 3 is 2.47 bits per heavy atom. The second-order valence-corrected chi connectivity index (χ2v) is 4.13. The standard InChI is InChI=1S/C11H12N4O4/c12-13-8-2-1-7(5-9(8)15(18)19)6-14-10(16)3-4-11(14)17/h1-2,5,13H,3-4,6,12H2. The highest BCUT2D eigenvalue weighted by atomic mass is 16.6. The number of nitrogens with zero attached hydrogens (tertiary/aromatic N) is 2. The molecule has 1 aromatic carbocycles. The number of benzene rings is 1. The van der Waals surface area contributed by atoms with Gasteiger partial charge in [-0.2, -0.15) is 0 Å². The Hall–Kier alpha value is -2.48. The molecule has 1 heterocycles. The molecule has 0 spiro atoms. The predicted molar refractivity (Wildman–Crippen MR) is 65.7 cm³/mol. The number of hydrazine groups is 1. The number of anilines is 1. The van der Waals surface area contributed by atoms with Crippen LogP contribution in [0.3, 0.4) is 0 Å². The normalized spacial score (nSPS) is 14.9. The van der Waals surface area contributed by atoms with Crippen LogP contribution in [-0.4, -0.2) is 21.6 Å². The lowest BCUT2D eigenvalue weighted by molar-refractivity contribution is -0.384. The van der Waals surface area contributed by atoms with Gasteiger partial charge in [-0.15, -0.1) is 0 Å². The summed E-state index contributed by atoms with van der Waals surface area (Å²) < 4.78 is 0. The van der Waals surface area contributed by atoms with Crippen LogP contribution in [0, 0.1) is 10.1 Å². The number of hydrogen-bond acceptors (Lipinski definition) is 6. The minimum atomic E-state index is -0.577. The SMILES string of the molecule is NNc1ccc(CN2C(=O)CCC2=O)cc1[N+](=O)[O-]. The zero-order valence-electron chi connectivity index (χ0n) is 9.96. The quantitative estimate of drug-likeness (QED) is 0.354. The zero-order chi connectivity index (χ0) is 14.0. The molecular formula is C11H12N4O4. The van der Waals surface area contributed by atoms with Crippen molar-refractivity contribution in [2.24, 2.45) is 5.84 Å². The van der Waals surface area contributed by atoms with Crippen molar-refractivity contribution in [2.45, 2.75) is 19.4 Å². The summed E-state index contributed by atoms with van der Waals surface area (Å²) >= 11 is 0. The van der Waals surface area contributed by atoms with Crippen molar-refractivity contribution in [1.29, 1.82) is 0 Å². The number of imide groups is 1. The first-order chi connectivity index (χ1) is 9.02. The van der Waals surface area contributed by atoms with Crippen LogP contribution in [0.5, 0.6) is 0 Å². The van der Waals surface area contributed by atoms with Gasteiger partial charge >= 0.3 is 0 Å². The molecule has 1 aliphatic heterocycles. The monoisotopic (exact) mass is 264 g/mol. The fraction of sp³-hybridized carbons (Fsp3) is 0.273. The van der Waals surface area contributed by atoms with Crippen LogP contribution in [0.15, 0.2) is 18.2 Å². The van der Waals surface area contributed by atoms with Gasteiger partial charge in [0.25, 0.3) is 5.69 Å². The van der Waals surface area contributed by atoms with Crippen molar-refractivity contribution in [2.75, 3.05) is 5.43 Å². The molecule has 2 amide bonds. The van der Waals surface area contributed by atoms with E-state index in [1.165, 1.54) is 12.1 Å². The van der Waals surface area contributed by atoms with Crippen LogP contribution >= 0.6 is 0 Å². The summed E-state index contributed by atoms with van der Waals surface area (Å²) in [5.41, 5.74) is 2.71. The Morgan fingerprint density at radius 1 is 1.32 bits per heavy atom. The van der Waals surface area contributed by atoms with E-state index in [1.807, 2.05) is 0 Å². The largest absolute Gasteiger partial charge is 0.318 e. The first-order valence-electron chi connectivity index (χ1n) is 5.60. The van der Waals surface area contributed by atoms with Crippen LogP contribution in [0.4, 0.5) is 11.4 Å².